The normalized spacial score (nSPS) is 12.4. The van der Waals surface area contributed by atoms with Gasteiger partial charge in [0.25, 0.3) is 0 Å². The van der Waals surface area contributed by atoms with Crippen LogP contribution >= 0.6 is 0 Å². The van der Waals surface area contributed by atoms with Gasteiger partial charge in [0.1, 0.15) is 0 Å². The number of fused-ring (bicyclic) bond motifs is 6. The molecule has 0 N–H and O–H groups in total. The molecule has 0 amide bonds. The van der Waals surface area contributed by atoms with E-state index in [4.69, 9.17) is 15.0 Å². The molecular formula is C71H49N5. The zero-order valence-corrected chi connectivity index (χ0v) is 41.8. The Kier molecular flexibility index (Phi) is 10.9. The number of para-hydroxylation sites is 1. The maximum atomic E-state index is 5.15. The van der Waals surface area contributed by atoms with Gasteiger partial charge in [-0.25, -0.2) is 4.98 Å². The van der Waals surface area contributed by atoms with Crippen LogP contribution < -0.4 is 4.90 Å². The number of rotatable bonds is 10. The van der Waals surface area contributed by atoms with Gasteiger partial charge in [0.15, 0.2) is 11.6 Å². The van der Waals surface area contributed by atoms with Gasteiger partial charge in [0.05, 0.1) is 16.4 Å². The van der Waals surface area contributed by atoms with Gasteiger partial charge >= 0.3 is 0 Å². The lowest BCUT2D eigenvalue weighted by molar-refractivity contribution is 0.768. The predicted octanol–water partition coefficient (Wildman–Crippen LogP) is 17.8. The second-order valence-corrected chi connectivity index (χ2v) is 19.7. The molecule has 1 aliphatic rings. The smallest absolute Gasteiger partial charge is 0.238 e. The van der Waals surface area contributed by atoms with E-state index in [1.54, 1.807) is 0 Å². The molecule has 0 saturated carbocycles. The number of nitrogens with zero attached hydrogens (tertiary/aromatic N) is 5. The minimum atomic E-state index is -0.482. The Morgan fingerprint density at radius 1 is 0.329 bits per heavy atom. The molecule has 2 heterocycles. The molecular weight excluding hydrogens is 923 g/mol. The lowest BCUT2D eigenvalue weighted by Crippen LogP contribution is -2.28. The van der Waals surface area contributed by atoms with Gasteiger partial charge < -0.3 is 4.90 Å². The quantitative estimate of drug-likeness (QED) is 0.137. The molecule has 14 rings (SSSR count). The van der Waals surface area contributed by atoms with Crippen LogP contribution in [0, 0.1) is 6.92 Å². The molecule has 2 aromatic heterocycles. The maximum Gasteiger partial charge on any atom is 0.238 e. The van der Waals surface area contributed by atoms with Gasteiger partial charge in [-0.2, -0.15) is 9.97 Å². The van der Waals surface area contributed by atoms with Crippen molar-refractivity contribution in [1.29, 1.82) is 0 Å². The zero-order valence-electron chi connectivity index (χ0n) is 41.8. The summed E-state index contributed by atoms with van der Waals surface area (Å²) >= 11 is 0. The van der Waals surface area contributed by atoms with Crippen LogP contribution in [0.4, 0.5) is 17.1 Å². The average Bonchev–Trinajstić information content (AvgIpc) is 4.22. The SMILES string of the molecule is Cc1ccc(-c2ccc(N(c3ccc(-c4ccc5c(c4)c4ccccc4n5-c4nc(-c5ccccc5)nc(-c5ccccc5)n4)cc3)c3ccc4c(c3)-c3ccccc3C4(c3ccccc3)c3ccccc3)cc2)cc1. The highest BCUT2D eigenvalue weighted by molar-refractivity contribution is 6.10. The molecule has 76 heavy (non-hydrogen) atoms. The summed E-state index contributed by atoms with van der Waals surface area (Å²) in [7, 11) is 0. The van der Waals surface area contributed by atoms with E-state index in [2.05, 4.69) is 235 Å². The Bertz CT molecular complexity index is 4150. The van der Waals surface area contributed by atoms with E-state index in [1.807, 2.05) is 60.7 Å². The summed E-state index contributed by atoms with van der Waals surface area (Å²) in [5.74, 6) is 1.82. The maximum absolute atomic E-state index is 5.15. The van der Waals surface area contributed by atoms with E-state index in [1.165, 1.54) is 50.1 Å². The fourth-order valence-corrected chi connectivity index (χ4v) is 11.6. The monoisotopic (exact) mass is 971 g/mol. The molecule has 0 radical (unpaired) electrons. The molecule has 0 spiro atoms. The van der Waals surface area contributed by atoms with Gasteiger partial charge in [-0.3, -0.25) is 4.57 Å². The van der Waals surface area contributed by atoms with Crippen LogP contribution in [0.2, 0.25) is 0 Å². The summed E-state index contributed by atoms with van der Waals surface area (Å²) in [5, 5.41) is 2.25. The van der Waals surface area contributed by atoms with Crippen LogP contribution in [-0.4, -0.2) is 19.5 Å². The Morgan fingerprint density at radius 2 is 0.789 bits per heavy atom. The summed E-state index contributed by atoms with van der Waals surface area (Å²) < 4.78 is 2.18. The van der Waals surface area contributed by atoms with Crippen LogP contribution in [0.25, 0.3) is 83.9 Å². The Labute approximate surface area is 442 Å². The topological polar surface area (TPSA) is 46.8 Å². The number of benzene rings is 11. The van der Waals surface area contributed by atoms with Crippen LogP contribution in [0.15, 0.2) is 279 Å². The first-order valence-corrected chi connectivity index (χ1v) is 25.9. The van der Waals surface area contributed by atoms with Gasteiger partial charge in [-0.15, -0.1) is 0 Å². The number of hydrogen-bond donors (Lipinski definition) is 0. The lowest BCUT2D eigenvalue weighted by atomic mass is 9.68. The minimum absolute atomic E-state index is 0.482. The third-order valence-corrected chi connectivity index (χ3v) is 15.2. The van der Waals surface area contributed by atoms with Crippen molar-refractivity contribution in [2.24, 2.45) is 0 Å². The highest BCUT2D eigenvalue weighted by atomic mass is 15.2. The van der Waals surface area contributed by atoms with Crippen LogP contribution in [0.3, 0.4) is 0 Å². The number of aromatic nitrogens is 4. The van der Waals surface area contributed by atoms with Crippen molar-refractivity contribution < 1.29 is 0 Å². The second kappa shape index (κ2) is 18.5. The Balaban J connectivity index is 0.889. The van der Waals surface area contributed by atoms with Crippen molar-refractivity contribution in [3.63, 3.8) is 0 Å². The Hall–Kier alpha value is -9.97. The Morgan fingerprint density at radius 3 is 1.39 bits per heavy atom. The summed E-state index contributed by atoms with van der Waals surface area (Å²) in [5.41, 5.74) is 20.1. The van der Waals surface area contributed by atoms with E-state index >= 15 is 0 Å². The standard InChI is InChI=1S/C71H49N5/c1-48-30-32-49(33-31-48)50-34-39-57(40-35-50)75(59-43-44-65-62(47-59)60-26-14-16-28-64(60)71(65,55-22-10-4-11-23-55)56-24-12-5-13-25-56)58-41-36-51(37-42-58)54-38-45-67-63(46-54)61-27-15-17-29-66(61)76(67)70-73-68(52-18-6-2-7-19-52)72-69(74-70)53-20-8-3-9-21-53/h2-47H,1H3. The second-order valence-electron chi connectivity index (χ2n) is 19.7. The molecule has 0 bridgehead atoms. The van der Waals surface area contributed by atoms with Gasteiger partial charge in [-0.05, 0) is 117 Å². The van der Waals surface area contributed by atoms with Crippen LogP contribution in [0.5, 0.6) is 0 Å². The molecule has 1 aliphatic carbocycles. The molecule has 5 nitrogen and oxygen atoms in total. The van der Waals surface area contributed by atoms with Crippen molar-refractivity contribution in [2.45, 2.75) is 12.3 Å². The molecule has 358 valence electrons. The lowest BCUT2D eigenvalue weighted by Gasteiger charge is -2.34. The third-order valence-electron chi connectivity index (χ3n) is 15.2. The van der Waals surface area contributed by atoms with Crippen molar-refractivity contribution >= 4 is 38.9 Å². The van der Waals surface area contributed by atoms with E-state index < -0.39 is 5.41 Å². The highest BCUT2D eigenvalue weighted by Crippen LogP contribution is 2.57. The van der Waals surface area contributed by atoms with Crippen LogP contribution in [-0.2, 0) is 5.41 Å². The molecule has 11 aromatic carbocycles. The number of anilines is 3. The summed E-state index contributed by atoms with van der Waals surface area (Å²) in [6.45, 7) is 2.13. The zero-order chi connectivity index (χ0) is 50.6. The minimum Gasteiger partial charge on any atom is -0.310 e. The van der Waals surface area contributed by atoms with Crippen molar-refractivity contribution in [2.75, 3.05) is 4.90 Å². The van der Waals surface area contributed by atoms with Crippen molar-refractivity contribution in [3.8, 4) is 62.1 Å². The molecule has 0 aliphatic heterocycles. The van der Waals surface area contributed by atoms with E-state index in [9.17, 15) is 0 Å². The highest BCUT2D eigenvalue weighted by Gasteiger charge is 2.46. The van der Waals surface area contributed by atoms with Gasteiger partial charge in [-0.1, -0.05) is 230 Å². The first-order chi connectivity index (χ1) is 37.6. The molecule has 13 aromatic rings. The number of aryl methyl sites for hydroxylation is 1. The van der Waals surface area contributed by atoms with Crippen molar-refractivity contribution in [3.05, 3.63) is 307 Å². The van der Waals surface area contributed by atoms with Crippen LogP contribution in [0.1, 0.15) is 27.8 Å². The number of hydrogen-bond acceptors (Lipinski definition) is 4. The molecule has 5 heteroatoms. The average molecular weight is 972 g/mol. The summed E-state index contributed by atoms with van der Waals surface area (Å²) in [6.07, 6.45) is 0. The van der Waals surface area contributed by atoms with Crippen molar-refractivity contribution in [1.82, 2.24) is 19.5 Å². The largest absolute Gasteiger partial charge is 0.310 e. The summed E-state index contributed by atoms with van der Waals surface area (Å²) in [4.78, 5) is 17.7. The molecule has 0 atom stereocenters. The summed E-state index contributed by atoms with van der Waals surface area (Å²) in [6, 6.07) is 100. The fourth-order valence-electron chi connectivity index (χ4n) is 11.6. The van der Waals surface area contributed by atoms with E-state index in [0.29, 0.717) is 17.6 Å². The molecule has 0 fully saturated rings. The van der Waals surface area contributed by atoms with E-state index in [0.717, 1.165) is 61.1 Å². The van der Waals surface area contributed by atoms with E-state index in [-0.39, 0.29) is 0 Å². The predicted molar refractivity (Wildman–Crippen MR) is 313 cm³/mol. The fraction of sp³-hybridized carbons (Fsp3) is 0.0282. The van der Waals surface area contributed by atoms with Gasteiger partial charge in [0.2, 0.25) is 5.95 Å². The first-order valence-electron chi connectivity index (χ1n) is 25.9. The molecule has 0 saturated heterocycles. The van der Waals surface area contributed by atoms with Gasteiger partial charge in [0, 0.05) is 39.0 Å². The third kappa shape index (κ3) is 7.51. The first kappa shape index (κ1) is 44.7. The molecule has 0 unspecified atom stereocenters.